The van der Waals surface area contributed by atoms with Crippen LogP contribution < -0.4 is 4.74 Å². The van der Waals surface area contributed by atoms with E-state index in [9.17, 15) is 14.7 Å². The van der Waals surface area contributed by atoms with Crippen LogP contribution in [0, 0.1) is 11.8 Å². The summed E-state index contributed by atoms with van der Waals surface area (Å²) in [5.41, 5.74) is 0. The maximum Gasteiger partial charge on any atom is 0.326 e. The number of hydrogen-bond acceptors (Lipinski definition) is 4. The van der Waals surface area contributed by atoms with E-state index in [0.29, 0.717) is 23.1 Å². The van der Waals surface area contributed by atoms with E-state index >= 15 is 0 Å². The number of hydrogen-bond donors (Lipinski definition) is 1. The second-order valence-corrected chi connectivity index (χ2v) is 6.36. The Labute approximate surface area is 121 Å². The first kappa shape index (κ1) is 13.4. The van der Waals surface area contributed by atoms with Crippen LogP contribution in [0.1, 0.15) is 28.9 Å². The molecular weight excluding hydrogens is 278 g/mol. The zero-order chi connectivity index (χ0) is 14.3. The number of nitrogens with zero attached hydrogens (tertiary/aromatic N) is 1. The Morgan fingerprint density at radius 1 is 1.45 bits per heavy atom. The second-order valence-electron chi connectivity index (χ2n) is 5.45. The van der Waals surface area contributed by atoms with Gasteiger partial charge in [0.25, 0.3) is 5.91 Å². The van der Waals surface area contributed by atoms with Crippen LogP contribution in [0.5, 0.6) is 5.75 Å². The highest BCUT2D eigenvalue weighted by atomic mass is 32.1. The number of aliphatic carboxylic acids is 1. The molecular formula is C14H17NO4S. The third-order valence-corrected chi connectivity index (χ3v) is 5.32. The highest BCUT2D eigenvalue weighted by Gasteiger charge is 2.49. The highest BCUT2D eigenvalue weighted by molar-refractivity contribution is 7.12. The fraction of sp³-hybridized carbons (Fsp3) is 0.571. The molecule has 1 amide bonds. The average Bonchev–Trinajstić information content (AvgIpc) is 3.11. The highest BCUT2D eigenvalue weighted by Crippen LogP contribution is 2.43. The quantitative estimate of drug-likeness (QED) is 0.927. The Bertz CT molecular complexity index is 541. The molecule has 2 fully saturated rings. The summed E-state index contributed by atoms with van der Waals surface area (Å²) in [7, 11) is 1.55. The smallest absolute Gasteiger partial charge is 0.326 e. The Balaban J connectivity index is 1.85. The van der Waals surface area contributed by atoms with Gasteiger partial charge in [-0.15, -0.1) is 11.3 Å². The van der Waals surface area contributed by atoms with E-state index in [0.717, 1.165) is 19.3 Å². The third kappa shape index (κ3) is 2.08. The summed E-state index contributed by atoms with van der Waals surface area (Å²) in [5.74, 6) is 0.0567. The number of carboxylic acids is 1. The molecule has 0 bridgehead atoms. The zero-order valence-corrected chi connectivity index (χ0v) is 12.1. The lowest BCUT2D eigenvalue weighted by atomic mass is 9.94. The zero-order valence-electron chi connectivity index (χ0n) is 11.2. The molecule has 1 aromatic heterocycles. The number of ether oxygens (including phenoxy) is 1. The SMILES string of the molecule is COc1csc(C(=O)N2CC3CCCC3C2C(=O)O)c1. The van der Waals surface area contributed by atoms with Gasteiger partial charge in [-0.1, -0.05) is 6.42 Å². The van der Waals surface area contributed by atoms with Crippen LogP contribution >= 0.6 is 11.3 Å². The minimum absolute atomic E-state index is 0.123. The molecule has 0 radical (unpaired) electrons. The molecule has 1 aliphatic heterocycles. The van der Waals surface area contributed by atoms with Gasteiger partial charge in [-0.05, 0) is 24.7 Å². The third-order valence-electron chi connectivity index (χ3n) is 4.43. The first-order chi connectivity index (χ1) is 9.61. The van der Waals surface area contributed by atoms with Gasteiger partial charge in [0.2, 0.25) is 0 Å². The van der Waals surface area contributed by atoms with Crippen molar-refractivity contribution >= 4 is 23.2 Å². The number of carboxylic acid groups (broad SMARTS) is 1. The van der Waals surface area contributed by atoms with Gasteiger partial charge in [0.15, 0.2) is 0 Å². The molecule has 1 saturated heterocycles. The van der Waals surface area contributed by atoms with Crippen molar-refractivity contribution in [3.8, 4) is 5.75 Å². The topological polar surface area (TPSA) is 66.8 Å². The summed E-state index contributed by atoms with van der Waals surface area (Å²) in [6.07, 6.45) is 3.03. The molecule has 1 N–H and O–H groups in total. The van der Waals surface area contributed by atoms with E-state index in [-0.39, 0.29) is 11.8 Å². The molecule has 20 heavy (non-hydrogen) atoms. The van der Waals surface area contributed by atoms with E-state index in [1.807, 2.05) is 0 Å². The second kappa shape index (κ2) is 5.09. The maximum atomic E-state index is 12.5. The summed E-state index contributed by atoms with van der Waals surface area (Å²) in [4.78, 5) is 26.2. The summed E-state index contributed by atoms with van der Waals surface area (Å²) in [6.45, 7) is 0.570. The Morgan fingerprint density at radius 2 is 2.25 bits per heavy atom. The van der Waals surface area contributed by atoms with E-state index in [2.05, 4.69) is 0 Å². The van der Waals surface area contributed by atoms with E-state index in [4.69, 9.17) is 4.74 Å². The van der Waals surface area contributed by atoms with Gasteiger partial charge in [-0.25, -0.2) is 4.79 Å². The predicted molar refractivity (Wildman–Crippen MR) is 74.2 cm³/mol. The van der Waals surface area contributed by atoms with Crippen LogP contribution in [0.15, 0.2) is 11.4 Å². The van der Waals surface area contributed by atoms with Gasteiger partial charge in [-0.3, -0.25) is 4.79 Å². The lowest BCUT2D eigenvalue weighted by Crippen LogP contribution is -2.43. The van der Waals surface area contributed by atoms with Crippen molar-refractivity contribution in [2.45, 2.75) is 25.3 Å². The Hall–Kier alpha value is -1.56. The number of rotatable bonds is 3. The van der Waals surface area contributed by atoms with E-state index < -0.39 is 12.0 Å². The molecule has 1 saturated carbocycles. The van der Waals surface area contributed by atoms with E-state index in [1.165, 1.54) is 11.3 Å². The molecule has 2 heterocycles. The van der Waals surface area contributed by atoms with Crippen molar-refractivity contribution in [3.05, 3.63) is 16.3 Å². The minimum Gasteiger partial charge on any atom is -0.496 e. The van der Waals surface area contributed by atoms with Gasteiger partial charge >= 0.3 is 5.97 Å². The fourth-order valence-electron chi connectivity index (χ4n) is 3.51. The van der Waals surface area contributed by atoms with Crippen LogP contribution in [0.25, 0.3) is 0 Å². The van der Waals surface area contributed by atoms with Crippen LogP contribution in [0.4, 0.5) is 0 Å². The fourth-order valence-corrected chi connectivity index (χ4v) is 4.32. The van der Waals surface area contributed by atoms with Gasteiger partial charge in [0, 0.05) is 18.0 Å². The van der Waals surface area contributed by atoms with Crippen molar-refractivity contribution in [2.24, 2.45) is 11.8 Å². The Morgan fingerprint density at radius 3 is 2.90 bits per heavy atom. The molecule has 0 spiro atoms. The predicted octanol–water partition coefficient (Wildman–Crippen LogP) is 2.08. The lowest BCUT2D eigenvalue weighted by molar-refractivity contribution is -0.142. The van der Waals surface area contributed by atoms with Gasteiger partial charge in [0.1, 0.15) is 11.8 Å². The molecule has 2 aliphatic rings. The monoisotopic (exact) mass is 295 g/mol. The molecule has 5 nitrogen and oxygen atoms in total. The standard InChI is InChI=1S/C14H17NO4S/c1-19-9-5-11(20-7-9)13(16)15-6-8-3-2-4-10(8)12(15)14(17)18/h5,7-8,10,12H,2-4,6H2,1H3,(H,17,18). The van der Waals surface area contributed by atoms with Crippen molar-refractivity contribution in [2.75, 3.05) is 13.7 Å². The average molecular weight is 295 g/mol. The molecule has 3 rings (SSSR count). The number of amides is 1. The minimum atomic E-state index is -0.878. The number of thiophene rings is 1. The molecule has 108 valence electrons. The van der Waals surface area contributed by atoms with Gasteiger partial charge in [-0.2, -0.15) is 0 Å². The summed E-state index contributed by atoms with van der Waals surface area (Å²) in [5, 5.41) is 11.2. The summed E-state index contributed by atoms with van der Waals surface area (Å²) < 4.78 is 5.08. The van der Waals surface area contributed by atoms with Crippen LogP contribution in [-0.4, -0.2) is 41.6 Å². The van der Waals surface area contributed by atoms with Gasteiger partial charge < -0.3 is 14.7 Å². The van der Waals surface area contributed by atoms with Gasteiger partial charge in [0.05, 0.1) is 12.0 Å². The van der Waals surface area contributed by atoms with Crippen LogP contribution in [0.2, 0.25) is 0 Å². The first-order valence-electron chi connectivity index (χ1n) is 6.78. The molecule has 3 atom stereocenters. The maximum absolute atomic E-state index is 12.5. The number of likely N-dealkylation sites (tertiary alicyclic amines) is 1. The number of methoxy groups -OCH3 is 1. The molecule has 6 heteroatoms. The van der Waals surface area contributed by atoms with Crippen molar-refractivity contribution < 1.29 is 19.4 Å². The molecule has 1 aromatic rings. The van der Waals surface area contributed by atoms with Crippen molar-refractivity contribution in [1.29, 1.82) is 0 Å². The Kier molecular flexibility index (Phi) is 3.41. The van der Waals surface area contributed by atoms with Crippen molar-refractivity contribution in [3.63, 3.8) is 0 Å². The number of fused-ring (bicyclic) bond motifs is 1. The summed E-state index contributed by atoms with van der Waals surface area (Å²) >= 11 is 1.30. The van der Waals surface area contributed by atoms with Crippen molar-refractivity contribution in [1.82, 2.24) is 4.90 Å². The number of carbonyl (C=O) groups is 2. The van der Waals surface area contributed by atoms with Crippen LogP contribution in [-0.2, 0) is 4.79 Å². The molecule has 1 aliphatic carbocycles. The first-order valence-corrected chi connectivity index (χ1v) is 7.66. The molecule has 3 unspecified atom stereocenters. The lowest BCUT2D eigenvalue weighted by Gasteiger charge is -2.23. The largest absolute Gasteiger partial charge is 0.496 e. The van der Waals surface area contributed by atoms with Crippen LogP contribution in [0.3, 0.4) is 0 Å². The normalized spacial score (nSPS) is 28.4. The molecule has 0 aromatic carbocycles. The summed E-state index contributed by atoms with van der Waals surface area (Å²) in [6, 6.07) is 1.02. The van der Waals surface area contributed by atoms with E-state index in [1.54, 1.807) is 23.5 Å². The number of carbonyl (C=O) groups excluding carboxylic acids is 1.